The second kappa shape index (κ2) is 9.77. The van der Waals surface area contributed by atoms with Crippen LogP contribution < -0.4 is 9.47 Å². The van der Waals surface area contributed by atoms with Gasteiger partial charge in [0.1, 0.15) is 5.82 Å². The molecule has 7 heteroatoms. The van der Waals surface area contributed by atoms with Crippen molar-refractivity contribution in [1.29, 1.82) is 0 Å². The van der Waals surface area contributed by atoms with E-state index in [0.717, 1.165) is 41.6 Å². The molecule has 1 aliphatic heterocycles. The number of hydrogen-bond acceptors (Lipinski definition) is 6. The van der Waals surface area contributed by atoms with Crippen molar-refractivity contribution in [3.63, 3.8) is 0 Å². The number of nitrogens with zero attached hydrogens (tertiary/aromatic N) is 4. The second-order valence-corrected chi connectivity index (χ2v) is 7.99. The number of pyridine rings is 1. The zero-order valence-corrected chi connectivity index (χ0v) is 18.7. The highest BCUT2D eigenvalue weighted by molar-refractivity contribution is 5.79. The highest BCUT2D eigenvalue weighted by atomic mass is 16.5. The number of carbonyl (C=O) groups is 1. The van der Waals surface area contributed by atoms with Crippen LogP contribution in [0.1, 0.15) is 42.4 Å². The number of aromatic nitrogens is 3. The average Bonchev–Trinajstić information content (AvgIpc) is 2.83. The summed E-state index contributed by atoms with van der Waals surface area (Å²) in [5.74, 6) is 1.82. The number of piperidine rings is 1. The molecule has 7 nitrogen and oxygen atoms in total. The van der Waals surface area contributed by atoms with Crippen LogP contribution in [0.4, 0.5) is 0 Å². The molecule has 1 atom stereocenters. The van der Waals surface area contributed by atoms with Crippen LogP contribution in [0.25, 0.3) is 11.1 Å². The standard InChI is InChI=1S/C25H28N4O3/c1-17-7-8-22(23(14-17)31-3)32-16-24(30)29-13-5-4-6-21(29)25-20(15-27-18(2)28-25)19-9-11-26-12-10-19/h7-12,14-15,21H,4-6,13,16H2,1-3H3. The first kappa shape index (κ1) is 21.7. The molecule has 1 fully saturated rings. The second-order valence-electron chi connectivity index (χ2n) is 7.99. The van der Waals surface area contributed by atoms with Gasteiger partial charge in [0.05, 0.1) is 18.8 Å². The Morgan fingerprint density at radius 2 is 1.94 bits per heavy atom. The Labute approximate surface area is 188 Å². The summed E-state index contributed by atoms with van der Waals surface area (Å²) in [6.45, 7) is 4.49. The number of aryl methyl sites for hydroxylation is 2. The van der Waals surface area contributed by atoms with E-state index in [9.17, 15) is 4.79 Å². The molecule has 1 aromatic carbocycles. The Bertz CT molecular complexity index is 1090. The molecule has 0 saturated carbocycles. The molecule has 0 spiro atoms. The number of amides is 1. The molecule has 0 aliphatic carbocycles. The van der Waals surface area contributed by atoms with E-state index < -0.39 is 0 Å². The molecule has 166 valence electrons. The zero-order valence-electron chi connectivity index (χ0n) is 18.7. The van der Waals surface area contributed by atoms with Crippen LogP contribution in [0, 0.1) is 13.8 Å². The minimum absolute atomic E-state index is 0.0510. The molecule has 32 heavy (non-hydrogen) atoms. The number of hydrogen-bond donors (Lipinski definition) is 0. The van der Waals surface area contributed by atoms with Gasteiger partial charge in [0, 0.05) is 30.7 Å². The van der Waals surface area contributed by atoms with Gasteiger partial charge in [-0.25, -0.2) is 9.97 Å². The van der Waals surface area contributed by atoms with Crippen molar-refractivity contribution in [2.24, 2.45) is 0 Å². The van der Waals surface area contributed by atoms with E-state index in [-0.39, 0.29) is 18.6 Å². The SMILES string of the molecule is COc1cc(C)ccc1OCC(=O)N1CCCCC1c1nc(C)ncc1-c1ccncc1. The van der Waals surface area contributed by atoms with Gasteiger partial charge in [0.2, 0.25) is 0 Å². The molecule has 1 amide bonds. The lowest BCUT2D eigenvalue weighted by Crippen LogP contribution is -2.41. The fourth-order valence-electron chi connectivity index (χ4n) is 4.13. The van der Waals surface area contributed by atoms with Crippen LogP contribution in [-0.4, -0.2) is 46.0 Å². The first-order chi connectivity index (χ1) is 15.6. The van der Waals surface area contributed by atoms with Gasteiger partial charge in [-0.05, 0) is 68.5 Å². The molecular formula is C25H28N4O3. The monoisotopic (exact) mass is 432 g/mol. The van der Waals surface area contributed by atoms with Gasteiger partial charge in [0.15, 0.2) is 18.1 Å². The van der Waals surface area contributed by atoms with Gasteiger partial charge in [-0.3, -0.25) is 9.78 Å². The highest BCUT2D eigenvalue weighted by Crippen LogP contribution is 2.36. The molecular weight excluding hydrogens is 404 g/mol. The van der Waals surface area contributed by atoms with Crippen LogP contribution in [-0.2, 0) is 4.79 Å². The molecule has 3 heterocycles. The Morgan fingerprint density at radius 1 is 1.12 bits per heavy atom. The summed E-state index contributed by atoms with van der Waals surface area (Å²) in [6.07, 6.45) is 8.22. The molecule has 4 rings (SSSR count). The van der Waals surface area contributed by atoms with Crippen LogP contribution in [0.5, 0.6) is 11.5 Å². The number of methoxy groups -OCH3 is 1. The Hall–Kier alpha value is -3.48. The topological polar surface area (TPSA) is 77.4 Å². The minimum Gasteiger partial charge on any atom is -0.493 e. The third kappa shape index (κ3) is 4.72. The van der Waals surface area contributed by atoms with E-state index in [1.807, 2.05) is 55.3 Å². The first-order valence-electron chi connectivity index (χ1n) is 10.9. The summed E-state index contributed by atoms with van der Waals surface area (Å²) < 4.78 is 11.3. The van der Waals surface area contributed by atoms with Crippen molar-refractivity contribution in [2.75, 3.05) is 20.3 Å². The maximum Gasteiger partial charge on any atom is 0.261 e. The summed E-state index contributed by atoms with van der Waals surface area (Å²) in [5.41, 5.74) is 3.88. The summed E-state index contributed by atoms with van der Waals surface area (Å²) in [6, 6.07) is 9.44. The van der Waals surface area contributed by atoms with E-state index in [0.29, 0.717) is 23.9 Å². The maximum absolute atomic E-state index is 13.3. The Kier molecular flexibility index (Phi) is 6.63. The van der Waals surface area contributed by atoms with Gasteiger partial charge in [-0.1, -0.05) is 6.07 Å². The number of ether oxygens (including phenoxy) is 2. The summed E-state index contributed by atoms with van der Waals surface area (Å²) in [4.78, 5) is 28.5. The molecule has 0 radical (unpaired) electrons. The van der Waals surface area contributed by atoms with E-state index in [1.54, 1.807) is 19.5 Å². The van der Waals surface area contributed by atoms with E-state index in [2.05, 4.69) is 9.97 Å². The molecule has 0 bridgehead atoms. The van der Waals surface area contributed by atoms with Crippen molar-refractivity contribution < 1.29 is 14.3 Å². The van der Waals surface area contributed by atoms with Crippen molar-refractivity contribution in [3.05, 3.63) is 66.0 Å². The largest absolute Gasteiger partial charge is 0.493 e. The third-order valence-electron chi connectivity index (χ3n) is 5.74. The summed E-state index contributed by atoms with van der Waals surface area (Å²) in [5, 5.41) is 0. The van der Waals surface area contributed by atoms with Crippen molar-refractivity contribution >= 4 is 5.91 Å². The first-order valence-corrected chi connectivity index (χ1v) is 10.9. The highest BCUT2D eigenvalue weighted by Gasteiger charge is 2.31. The fraction of sp³-hybridized carbons (Fsp3) is 0.360. The van der Waals surface area contributed by atoms with Gasteiger partial charge >= 0.3 is 0 Å². The lowest BCUT2D eigenvalue weighted by atomic mass is 9.94. The average molecular weight is 433 g/mol. The van der Waals surface area contributed by atoms with E-state index in [1.165, 1.54) is 0 Å². The maximum atomic E-state index is 13.3. The minimum atomic E-state index is -0.121. The van der Waals surface area contributed by atoms with Crippen LogP contribution in [0.15, 0.2) is 48.9 Å². The van der Waals surface area contributed by atoms with Gasteiger partial charge in [0.25, 0.3) is 5.91 Å². The van der Waals surface area contributed by atoms with Gasteiger partial charge < -0.3 is 14.4 Å². The third-order valence-corrected chi connectivity index (χ3v) is 5.74. The quantitative estimate of drug-likeness (QED) is 0.578. The number of likely N-dealkylation sites (tertiary alicyclic amines) is 1. The number of rotatable bonds is 6. The summed E-state index contributed by atoms with van der Waals surface area (Å²) >= 11 is 0. The fourth-order valence-corrected chi connectivity index (χ4v) is 4.13. The van der Waals surface area contributed by atoms with Crippen molar-refractivity contribution in [1.82, 2.24) is 19.9 Å². The van der Waals surface area contributed by atoms with Crippen LogP contribution >= 0.6 is 0 Å². The molecule has 0 N–H and O–H groups in total. The Balaban J connectivity index is 1.59. The van der Waals surface area contributed by atoms with E-state index in [4.69, 9.17) is 14.5 Å². The van der Waals surface area contributed by atoms with Gasteiger partial charge in [-0.2, -0.15) is 0 Å². The molecule has 1 saturated heterocycles. The lowest BCUT2D eigenvalue weighted by molar-refractivity contribution is -0.137. The summed E-state index contributed by atoms with van der Waals surface area (Å²) in [7, 11) is 1.60. The molecule has 3 aromatic rings. The molecule has 1 unspecified atom stereocenters. The predicted octanol–water partition coefficient (Wildman–Crippen LogP) is 4.30. The number of benzene rings is 1. The van der Waals surface area contributed by atoms with Crippen molar-refractivity contribution in [3.8, 4) is 22.6 Å². The molecule has 1 aliphatic rings. The van der Waals surface area contributed by atoms with E-state index >= 15 is 0 Å². The number of carbonyl (C=O) groups excluding carboxylic acids is 1. The smallest absolute Gasteiger partial charge is 0.261 e. The normalized spacial score (nSPS) is 16.0. The van der Waals surface area contributed by atoms with Crippen molar-refractivity contribution in [2.45, 2.75) is 39.2 Å². The lowest BCUT2D eigenvalue weighted by Gasteiger charge is -2.36. The van der Waals surface area contributed by atoms with Crippen LogP contribution in [0.3, 0.4) is 0 Å². The predicted molar refractivity (Wildman–Crippen MR) is 122 cm³/mol. The van der Waals surface area contributed by atoms with Gasteiger partial charge in [-0.15, -0.1) is 0 Å². The zero-order chi connectivity index (χ0) is 22.5. The molecule has 2 aromatic heterocycles. The Morgan fingerprint density at radius 3 is 2.72 bits per heavy atom. The van der Waals surface area contributed by atoms with Crippen LogP contribution in [0.2, 0.25) is 0 Å².